The van der Waals surface area contributed by atoms with Crippen LogP contribution in [0.3, 0.4) is 0 Å². The zero-order valence-electron chi connectivity index (χ0n) is 14.5. The van der Waals surface area contributed by atoms with Crippen molar-refractivity contribution >= 4 is 18.9 Å². The van der Waals surface area contributed by atoms with Gasteiger partial charge in [-0.2, -0.15) is 0 Å². The van der Waals surface area contributed by atoms with Crippen molar-refractivity contribution in [3.8, 4) is 0 Å². The number of hydrogen-bond donors (Lipinski definition) is 0. The number of aldehydes is 1. The van der Waals surface area contributed by atoms with Gasteiger partial charge >= 0.3 is 7.12 Å². The van der Waals surface area contributed by atoms with Gasteiger partial charge in [-0.1, -0.05) is 11.2 Å². The highest BCUT2D eigenvalue weighted by atomic mass is 16.7. The molecular weight excluding hydrogens is 293 g/mol. The molecule has 6 nitrogen and oxygen atoms in total. The average Bonchev–Trinajstić information content (AvgIpc) is 2.67. The Hall–Kier alpha value is -1.82. The highest BCUT2D eigenvalue weighted by Gasteiger charge is 2.52. The standard InChI is InChI=1S/C16H22BN3O3/c1-10-12(8-19-20-18)7-14(11(2)13(10)9-21)17-22-15(3,4)16(5,6)23-17/h7,9H,8H2,1-6H3. The minimum Gasteiger partial charge on any atom is -0.399 e. The fourth-order valence-electron chi connectivity index (χ4n) is 2.68. The molecule has 0 unspecified atom stereocenters. The molecular formula is C16H22BN3O3. The maximum atomic E-state index is 11.5. The Morgan fingerprint density at radius 1 is 1.22 bits per heavy atom. The largest absolute Gasteiger partial charge is 0.495 e. The Labute approximate surface area is 136 Å². The quantitative estimate of drug-likeness (QED) is 0.281. The van der Waals surface area contributed by atoms with E-state index in [9.17, 15) is 4.79 Å². The molecule has 1 aliphatic rings. The van der Waals surface area contributed by atoms with E-state index in [4.69, 9.17) is 14.8 Å². The van der Waals surface area contributed by atoms with E-state index in [0.29, 0.717) is 5.56 Å². The Morgan fingerprint density at radius 2 is 1.78 bits per heavy atom. The second kappa shape index (κ2) is 6.00. The number of azide groups is 1. The Balaban J connectivity index is 2.55. The second-order valence-electron chi connectivity index (χ2n) is 6.88. The smallest absolute Gasteiger partial charge is 0.399 e. The molecule has 1 fully saturated rings. The summed E-state index contributed by atoms with van der Waals surface area (Å²) < 4.78 is 12.2. The van der Waals surface area contributed by atoms with E-state index < -0.39 is 18.3 Å². The van der Waals surface area contributed by atoms with Crippen molar-refractivity contribution in [2.75, 3.05) is 0 Å². The molecule has 0 aliphatic carbocycles. The van der Waals surface area contributed by atoms with Gasteiger partial charge in [0.2, 0.25) is 0 Å². The van der Waals surface area contributed by atoms with Crippen molar-refractivity contribution in [3.63, 3.8) is 0 Å². The summed E-state index contributed by atoms with van der Waals surface area (Å²) in [6.07, 6.45) is 0.832. The molecule has 0 bridgehead atoms. The summed E-state index contributed by atoms with van der Waals surface area (Å²) in [5.74, 6) is 0. The lowest BCUT2D eigenvalue weighted by Crippen LogP contribution is -2.41. The minimum atomic E-state index is -0.552. The van der Waals surface area contributed by atoms with Crippen LogP contribution in [0, 0.1) is 13.8 Å². The van der Waals surface area contributed by atoms with Crippen molar-refractivity contribution in [3.05, 3.63) is 38.8 Å². The van der Waals surface area contributed by atoms with Gasteiger partial charge in [-0.05, 0) is 69.2 Å². The van der Waals surface area contributed by atoms with Gasteiger partial charge in [0.05, 0.1) is 17.7 Å². The van der Waals surface area contributed by atoms with Crippen molar-refractivity contribution in [1.82, 2.24) is 0 Å². The second-order valence-corrected chi connectivity index (χ2v) is 6.88. The summed E-state index contributed by atoms with van der Waals surface area (Å²) in [5, 5.41) is 3.62. The van der Waals surface area contributed by atoms with Crippen LogP contribution in [0.2, 0.25) is 0 Å². The van der Waals surface area contributed by atoms with Gasteiger partial charge in [0.15, 0.2) is 6.29 Å². The third-order valence-electron chi connectivity index (χ3n) is 4.98. The van der Waals surface area contributed by atoms with Crippen LogP contribution in [0.5, 0.6) is 0 Å². The van der Waals surface area contributed by atoms with E-state index in [1.807, 2.05) is 47.6 Å². The fourth-order valence-corrected chi connectivity index (χ4v) is 2.68. The first-order valence-corrected chi connectivity index (χ1v) is 7.59. The van der Waals surface area contributed by atoms with E-state index in [-0.39, 0.29) is 6.54 Å². The monoisotopic (exact) mass is 315 g/mol. The average molecular weight is 315 g/mol. The summed E-state index contributed by atoms with van der Waals surface area (Å²) in [6, 6.07) is 1.91. The minimum absolute atomic E-state index is 0.190. The molecule has 0 aromatic heterocycles. The van der Waals surface area contributed by atoms with Crippen LogP contribution < -0.4 is 5.46 Å². The molecule has 1 aromatic carbocycles. The van der Waals surface area contributed by atoms with E-state index in [1.54, 1.807) is 0 Å². The lowest BCUT2D eigenvalue weighted by Gasteiger charge is -2.32. The van der Waals surface area contributed by atoms with Crippen LogP contribution in [-0.4, -0.2) is 24.6 Å². The number of nitrogens with zero attached hydrogens (tertiary/aromatic N) is 3. The maximum absolute atomic E-state index is 11.5. The first kappa shape index (κ1) is 17.5. The number of benzene rings is 1. The van der Waals surface area contributed by atoms with Crippen LogP contribution in [0.1, 0.15) is 54.7 Å². The molecule has 0 saturated carbocycles. The maximum Gasteiger partial charge on any atom is 0.495 e. The Morgan fingerprint density at radius 3 is 2.26 bits per heavy atom. The molecule has 23 heavy (non-hydrogen) atoms. The van der Waals surface area contributed by atoms with E-state index in [2.05, 4.69) is 10.0 Å². The molecule has 0 amide bonds. The predicted octanol–water partition coefficient (Wildman–Crippen LogP) is 3.23. The van der Waals surface area contributed by atoms with Gasteiger partial charge < -0.3 is 9.31 Å². The van der Waals surface area contributed by atoms with Crippen molar-refractivity contribution < 1.29 is 14.1 Å². The van der Waals surface area contributed by atoms with Crippen molar-refractivity contribution in [2.24, 2.45) is 5.11 Å². The molecule has 0 spiro atoms. The third-order valence-corrected chi connectivity index (χ3v) is 4.98. The predicted molar refractivity (Wildman–Crippen MR) is 89.9 cm³/mol. The lowest BCUT2D eigenvalue weighted by molar-refractivity contribution is 0.00578. The van der Waals surface area contributed by atoms with E-state index in [0.717, 1.165) is 28.4 Å². The first-order chi connectivity index (χ1) is 10.6. The van der Waals surface area contributed by atoms with Crippen molar-refractivity contribution in [2.45, 2.75) is 59.3 Å². The van der Waals surface area contributed by atoms with Gasteiger partial charge in [0.1, 0.15) is 0 Å². The first-order valence-electron chi connectivity index (χ1n) is 7.59. The Bertz CT molecular complexity index is 678. The Kier molecular flexibility index (Phi) is 4.58. The van der Waals surface area contributed by atoms with Gasteiger partial charge in [0.25, 0.3) is 0 Å². The molecule has 2 rings (SSSR count). The summed E-state index contributed by atoms with van der Waals surface area (Å²) in [7, 11) is -0.552. The third kappa shape index (κ3) is 3.00. The van der Waals surface area contributed by atoms with Crippen LogP contribution >= 0.6 is 0 Å². The van der Waals surface area contributed by atoms with Crippen LogP contribution in [0.15, 0.2) is 11.2 Å². The number of carbonyl (C=O) groups excluding carboxylic acids is 1. The van der Waals surface area contributed by atoms with Gasteiger partial charge in [-0.15, -0.1) is 0 Å². The molecule has 0 radical (unpaired) electrons. The van der Waals surface area contributed by atoms with Crippen LogP contribution in [0.25, 0.3) is 10.4 Å². The highest BCUT2D eigenvalue weighted by molar-refractivity contribution is 6.62. The van der Waals surface area contributed by atoms with Gasteiger partial charge in [0, 0.05) is 10.5 Å². The van der Waals surface area contributed by atoms with Crippen molar-refractivity contribution in [1.29, 1.82) is 0 Å². The number of carbonyl (C=O) groups is 1. The molecule has 7 heteroatoms. The summed E-state index contributed by atoms with van der Waals surface area (Å²) >= 11 is 0. The normalized spacial score (nSPS) is 18.6. The van der Waals surface area contributed by atoms with Crippen LogP contribution in [0.4, 0.5) is 0 Å². The van der Waals surface area contributed by atoms with Gasteiger partial charge in [-0.3, -0.25) is 4.79 Å². The van der Waals surface area contributed by atoms with Gasteiger partial charge in [-0.25, -0.2) is 0 Å². The fraction of sp³-hybridized carbons (Fsp3) is 0.562. The summed E-state index contributed by atoms with van der Waals surface area (Å²) in [5.41, 5.74) is 11.5. The molecule has 1 saturated heterocycles. The zero-order chi connectivity index (χ0) is 17.4. The zero-order valence-corrected chi connectivity index (χ0v) is 14.5. The molecule has 1 aromatic rings. The SMILES string of the molecule is Cc1c(CN=[N+]=[N-])cc(B2OC(C)(C)C(C)(C)O2)c(C)c1C=O. The molecule has 1 aliphatic heterocycles. The molecule has 1 heterocycles. The van der Waals surface area contributed by atoms with Crippen LogP contribution in [-0.2, 0) is 15.9 Å². The molecule has 0 atom stereocenters. The lowest BCUT2D eigenvalue weighted by atomic mass is 9.73. The highest BCUT2D eigenvalue weighted by Crippen LogP contribution is 2.37. The molecule has 0 N–H and O–H groups in total. The van der Waals surface area contributed by atoms with E-state index >= 15 is 0 Å². The number of hydrogen-bond acceptors (Lipinski definition) is 4. The summed E-state index contributed by atoms with van der Waals surface area (Å²) in [6.45, 7) is 11.9. The molecule has 122 valence electrons. The number of rotatable bonds is 4. The van der Waals surface area contributed by atoms with E-state index in [1.165, 1.54) is 0 Å². The summed E-state index contributed by atoms with van der Waals surface area (Å²) in [4.78, 5) is 14.3. The topological polar surface area (TPSA) is 84.3 Å².